The van der Waals surface area contributed by atoms with Crippen LogP contribution >= 0.6 is 0 Å². The molecule has 32 heavy (non-hydrogen) atoms. The molecule has 1 aliphatic heterocycles. The van der Waals surface area contributed by atoms with Crippen molar-refractivity contribution in [2.45, 2.75) is 25.8 Å². The van der Waals surface area contributed by atoms with Crippen LogP contribution in [-0.4, -0.2) is 50.4 Å². The molecular weight excluding hydrogens is 437 g/mol. The van der Waals surface area contributed by atoms with Gasteiger partial charge in [-0.25, -0.2) is 17.6 Å². The average Bonchev–Trinajstić information content (AvgIpc) is 2.99. The maximum absolute atomic E-state index is 13.3. The standard InChI is InChI=1S/C22H24FN3O5S/c1-4-22(16-8-10-17(23)11-9-16)20(28)25(21(29)24-22)14-19(27)15-6-12-18(13-7-15)26(5-2)32(3,30)31/h6-13H,4-5,14H2,1-3H3,(H,24,29)/t22-/m0/s1. The van der Waals surface area contributed by atoms with Gasteiger partial charge < -0.3 is 5.32 Å². The topological polar surface area (TPSA) is 104 Å². The van der Waals surface area contributed by atoms with Crippen molar-refractivity contribution in [1.82, 2.24) is 10.2 Å². The van der Waals surface area contributed by atoms with Crippen LogP contribution in [0.5, 0.6) is 0 Å². The molecule has 0 aliphatic carbocycles. The molecule has 1 saturated heterocycles. The quantitative estimate of drug-likeness (QED) is 0.481. The first-order chi connectivity index (χ1) is 15.0. The Morgan fingerprint density at radius 1 is 1.06 bits per heavy atom. The molecule has 1 atom stereocenters. The van der Waals surface area contributed by atoms with E-state index >= 15 is 0 Å². The van der Waals surface area contributed by atoms with Crippen molar-refractivity contribution in [2.24, 2.45) is 0 Å². The van der Waals surface area contributed by atoms with E-state index < -0.39 is 45.6 Å². The predicted octanol–water partition coefficient (Wildman–Crippen LogP) is 2.65. The number of ketones is 1. The van der Waals surface area contributed by atoms with Crippen molar-refractivity contribution in [3.05, 3.63) is 65.5 Å². The third kappa shape index (κ3) is 4.22. The van der Waals surface area contributed by atoms with Crippen LogP contribution in [-0.2, 0) is 20.4 Å². The highest BCUT2D eigenvalue weighted by molar-refractivity contribution is 7.92. The van der Waals surface area contributed by atoms with Crippen molar-refractivity contribution in [3.63, 3.8) is 0 Å². The molecule has 8 nitrogen and oxygen atoms in total. The lowest BCUT2D eigenvalue weighted by atomic mass is 9.87. The van der Waals surface area contributed by atoms with Crippen LogP contribution in [0.3, 0.4) is 0 Å². The van der Waals surface area contributed by atoms with E-state index in [9.17, 15) is 27.2 Å². The Morgan fingerprint density at radius 2 is 1.66 bits per heavy atom. The fraction of sp³-hybridized carbons (Fsp3) is 0.318. The Morgan fingerprint density at radius 3 is 2.16 bits per heavy atom. The number of anilines is 1. The molecule has 1 N–H and O–H groups in total. The molecule has 0 aromatic heterocycles. The number of Topliss-reactive ketones (excluding diaryl/α,β-unsaturated/α-hetero) is 1. The van der Waals surface area contributed by atoms with E-state index in [2.05, 4.69) is 5.32 Å². The summed E-state index contributed by atoms with van der Waals surface area (Å²) in [6.45, 7) is 3.17. The fourth-order valence-corrected chi connectivity index (χ4v) is 4.77. The second-order valence-corrected chi connectivity index (χ2v) is 9.39. The van der Waals surface area contributed by atoms with Crippen LogP contribution in [0.25, 0.3) is 0 Å². The number of imide groups is 1. The van der Waals surface area contributed by atoms with Gasteiger partial charge in [-0.3, -0.25) is 18.8 Å². The minimum absolute atomic E-state index is 0.223. The summed E-state index contributed by atoms with van der Waals surface area (Å²) in [5.41, 5.74) is -0.302. The van der Waals surface area contributed by atoms with E-state index in [1.807, 2.05) is 0 Å². The van der Waals surface area contributed by atoms with Gasteiger partial charge in [-0.15, -0.1) is 0 Å². The Bertz CT molecular complexity index is 1150. The first-order valence-electron chi connectivity index (χ1n) is 10.0. The van der Waals surface area contributed by atoms with Gasteiger partial charge in [0.2, 0.25) is 10.0 Å². The SMILES string of the molecule is CCN(c1ccc(C(=O)CN2C(=O)N[C@@](CC)(c3ccc(F)cc3)C2=O)cc1)S(C)(=O)=O. The Hall–Kier alpha value is -3.27. The summed E-state index contributed by atoms with van der Waals surface area (Å²) in [7, 11) is -3.46. The maximum Gasteiger partial charge on any atom is 0.325 e. The lowest BCUT2D eigenvalue weighted by molar-refractivity contribution is -0.131. The van der Waals surface area contributed by atoms with Crippen molar-refractivity contribution < 1.29 is 27.2 Å². The van der Waals surface area contributed by atoms with Gasteiger partial charge in [0, 0.05) is 12.1 Å². The van der Waals surface area contributed by atoms with E-state index in [1.54, 1.807) is 13.8 Å². The van der Waals surface area contributed by atoms with Crippen LogP contribution < -0.4 is 9.62 Å². The van der Waals surface area contributed by atoms with Gasteiger partial charge in [-0.05, 0) is 55.3 Å². The van der Waals surface area contributed by atoms with Gasteiger partial charge >= 0.3 is 6.03 Å². The molecule has 0 radical (unpaired) electrons. The second kappa shape index (κ2) is 8.70. The zero-order chi connectivity index (χ0) is 23.7. The third-order valence-corrected chi connectivity index (χ3v) is 6.78. The third-order valence-electron chi connectivity index (χ3n) is 5.51. The normalized spacial score (nSPS) is 18.6. The molecular formula is C22H24FN3O5S. The molecule has 0 bridgehead atoms. The molecule has 3 amide bonds. The van der Waals surface area contributed by atoms with Crippen LogP contribution in [0.1, 0.15) is 36.2 Å². The van der Waals surface area contributed by atoms with Crippen molar-refractivity contribution >= 4 is 33.4 Å². The highest BCUT2D eigenvalue weighted by Crippen LogP contribution is 2.32. The van der Waals surface area contributed by atoms with Gasteiger partial charge in [0.1, 0.15) is 11.4 Å². The van der Waals surface area contributed by atoms with Crippen LogP contribution in [0.4, 0.5) is 14.9 Å². The lowest BCUT2D eigenvalue weighted by Gasteiger charge is -2.25. The molecule has 2 aromatic rings. The lowest BCUT2D eigenvalue weighted by Crippen LogP contribution is -2.43. The van der Waals surface area contributed by atoms with E-state index in [0.717, 1.165) is 11.2 Å². The number of hydrogen-bond acceptors (Lipinski definition) is 5. The van der Waals surface area contributed by atoms with E-state index in [1.165, 1.54) is 52.8 Å². The average molecular weight is 462 g/mol. The van der Waals surface area contributed by atoms with Gasteiger partial charge in [0.05, 0.1) is 18.5 Å². The summed E-state index contributed by atoms with van der Waals surface area (Å²) >= 11 is 0. The highest BCUT2D eigenvalue weighted by atomic mass is 32.2. The van der Waals surface area contributed by atoms with Crippen LogP contribution in [0.2, 0.25) is 0 Å². The molecule has 10 heteroatoms. The number of carbonyl (C=O) groups excluding carboxylic acids is 3. The zero-order valence-corrected chi connectivity index (χ0v) is 18.8. The number of amides is 3. The summed E-state index contributed by atoms with van der Waals surface area (Å²) in [6, 6.07) is 10.5. The highest BCUT2D eigenvalue weighted by Gasteiger charge is 2.51. The van der Waals surface area contributed by atoms with Crippen LogP contribution in [0.15, 0.2) is 48.5 Å². The molecule has 0 unspecified atom stereocenters. The zero-order valence-electron chi connectivity index (χ0n) is 18.0. The number of urea groups is 1. The van der Waals surface area contributed by atoms with Gasteiger partial charge in [0.25, 0.3) is 5.91 Å². The van der Waals surface area contributed by atoms with Gasteiger partial charge in [-0.2, -0.15) is 0 Å². The van der Waals surface area contributed by atoms with Crippen molar-refractivity contribution in [2.75, 3.05) is 23.7 Å². The summed E-state index contributed by atoms with van der Waals surface area (Å²) < 4.78 is 38.2. The second-order valence-electron chi connectivity index (χ2n) is 7.49. The van der Waals surface area contributed by atoms with Crippen LogP contribution in [0, 0.1) is 5.82 Å². The maximum atomic E-state index is 13.3. The largest absolute Gasteiger partial charge is 0.325 e. The number of nitrogens with zero attached hydrogens (tertiary/aromatic N) is 2. The Labute approximate surface area is 186 Å². The van der Waals surface area contributed by atoms with E-state index in [-0.39, 0.29) is 18.5 Å². The number of nitrogens with one attached hydrogen (secondary N) is 1. The van der Waals surface area contributed by atoms with E-state index in [4.69, 9.17) is 0 Å². The number of benzene rings is 2. The monoisotopic (exact) mass is 461 g/mol. The summed E-state index contributed by atoms with van der Waals surface area (Å²) in [6.07, 6.45) is 1.31. The predicted molar refractivity (Wildman–Crippen MR) is 117 cm³/mol. The Kier molecular flexibility index (Phi) is 6.36. The molecule has 1 heterocycles. The molecule has 0 spiro atoms. The van der Waals surface area contributed by atoms with Gasteiger partial charge in [-0.1, -0.05) is 19.1 Å². The van der Waals surface area contributed by atoms with Crippen molar-refractivity contribution in [3.8, 4) is 0 Å². The molecule has 3 rings (SSSR count). The minimum Gasteiger partial charge on any atom is -0.319 e. The van der Waals surface area contributed by atoms with Gasteiger partial charge in [0.15, 0.2) is 5.78 Å². The minimum atomic E-state index is -3.46. The first kappa shape index (κ1) is 23.4. The number of halogens is 1. The van der Waals surface area contributed by atoms with E-state index in [0.29, 0.717) is 11.3 Å². The Balaban J connectivity index is 1.81. The fourth-order valence-electron chi connectivity index (χ4n) is 3.80. The number of sulfonamides is 1. The van der Waals surface area contributed by atoms with Crippen molar-refractivity contribution in [1.29, 1.82) is 0 Å². The number of carbonyl (C=O) groups is 3. The molecule has 0 saturated carbocycles. The summed E-state index contributed by atoms with van der Waals surface area (Å²) in [4.78, 5) is 39.3. The summed E-state index contributed by atoms with van der Waals surface area (Å²) in [5.74, 6) is -1.53. The first-order valence-corrected chi connectivity index (χ1v) is 11.9. The molecule has 170 valence electrons. The smallest absolute Gasteiger partial charge is 0.319 e. The summed E-state index contributed by atoms with van der Waals surface area (Å²) in [5, 5.41) is 2.65. The molecule has 2 aromatic carbocycles. The number of rotatable bonds is 8. The molecule has 1 fully saturated rings. The number of hydrogen-bond donors (Lipinski definition) is 1. The molecule has 1 aliphatic rings.